The molecule has 0 saturated carbocycles. The van der Waals surface area contributed by atoms with Crippen molar-refractivity contribution in [3.05, 3.63) is 202 Å². The number of nitrogens with zero attached hydrogens (tertiary/aromatic N) is 2. The number of phenols is 4. The van der Waals surface area contributed by atoms with E-state index >= 15 is 0 Å². The lowest BCUT2D eigenvalue weighted by Crippen LogP contribution is -2.03. The SMILES string of the molecule is Oc1ccc(C2=C3C=CC(=C(c4ccc(O)cc4)C4=NC(=C(c5ccc(O)cc5)c5ccc([nH]5)C(c5ccc(O)cc5)=C5C=CC2=N5)C=C4)C3)cc1. The van der Waals surface area contributed by atoms with Crippen molar-refractivity contribution in [2.45, 2.75) is 6.42 Å². The maximum atomic E-state index is 10.2. The van der Waals surface area contributed by atoms with E-state index in [0.29, 0.717) is 6.42 Å². The van der Waals surface area contributed by atoms with E-state index in [-0.39, 0.29) is 23.0 Å². The standard InChI is InChI=1S/C45H31N3O4/c49-32-11-3-26(4-12-32)42-30-1-2-31(25-30)43(27-5-13-33(50)14-6-27)37-20-22-39(47-37)45(29-9-17-35(52)18-10-29)41-24-23-40(48-41)44(38-21-19-36(42)46-38)28-7-15-34(51)16-8-28/h1-24,48-52H,25H2. The Labute approximate surface area is 299 Å². The van der Waals surface area contributed by atoms with Gasteiger partial charge >= 0.3 is 0 Å². The first-order valence-electron chi connectivity index (χ1n) is 16.9. The summed E-state index contributed by atoms with van der Waals surface area (Å²) in [4.78, 5) is 14.2. The van der Waals surface area contributed by atoms with Gasteiger partial charge in [0.05, 0.1) is 22.8 Å². The lowest BCUT2D eigenvalue weighted by atomic mass is 9.91. The molecular weight excluding hydrogens is 647 g/mol. The monoisotopic (exact) mass is 677 g/mol. The zero-order valence-corrected chi connectivity index (χ0v) is 27.7. The lowest BCUT2D eigenvalue weighted by molar-refractivity contribution is 0.474. The Kier molecular flexibility index (Phi) is 7.33. The van der Waals surface area contributed by atoms with Crippen LogP contribution >= 0.6 is 0 Å². The summed E-state index contributed by atoms with van der Waals surface area (Å²) in [5.74, 6) is 0.709. The Bertz CT molecular complexity index is 2390. The highest BCUT2D eigenvalue weighted by Crippen LogP contribution is 2.41. The molecule has 8 bridgehead atoms. The molecule has 0 fully saturated rings. The topological polar surface area (TPSA) is 121 Å². The van der Waals surface area contributed by atoms with Crippen molar-refractivity contribution in [1.29, 1.82) is 0 Å². The van der Waals surface area contributed by atoms with Gasteiger partial charge in [-0.05, 0) is 125 Å². The van der Waals surface area contributed by atoms with Crippen LogP contribution in [0, 0.1) is 0 Å². The van der Waals surface area contributed by atoms with Crippen LogP contribution in [0.3, 0.4) is 0 Å². The third kappa shape index (κ3) is 5.51. The van der Waals surface area contributed by atoms with E-state index in [1.54, 1.807) is 48.5 Å². The van der Waals surface area contributed by atoms with Gasteiger partial charge in [-0.3, -0.25) is 0 Å². The van der Waals surface area contributed by atoms with E-state index in [1.165, 1.54) is 0 Å². The molecule has 5 N–H and O–H groups in total. The highest BCUT2D eigenvalue weighted by Gasteiger charge is 2.26. The first kappa shape index (κ1) is 30.9. The summed E-state index contributed by atoms with van der Waals surface area (Å²) in [6.07, 6.45) is 12.9. The molecule has 52 heavy (non-hydrogen) atoms. The van der Waals surface area contributed by atoms with Crippen LogP contribution in [0.2, 0.25) is 0 Å². The van der Waals surface area contributed by atoms with E-state index in [4.69, 9.17) is 9.98 Å². The molecule has 0 atom stereocenters. The number of aromatic hydroxyl groups is 4. The van der Waals surface area contributed by atoms with Gasteiger partial charge in [-0.15, -0.1) is 0 Å². The van der Waals surface area contributed by atoms with Gasteiger partial charge in [-0.1, -0.05) is 60.7 Å². The molecule has 0 spiro atoms. The summed E-state index contributed by atoms with van der Waals surface area (Å²) >= 11 is 0. The zero-order valence-electron chi connectivity index (χ0n) is 27.7. The predicted molar refractivity (Wildman–Crippen MR) is 206 cm³/mol. The van der Waals surface area contributed by atoms with Crippen LogP contribution in [0.1, 0.15) is 40.1 Å². The molecule has 0 amide bonds. The number of rotatable bonds is 4. The molecule has 4 heterocycles. The van der Waals surface area contributed by atoms with Crippen LogP contribution in [0.25, 0.3) is 22.3 Å². The number of H-pyrrole nitrogens is 1. The van der Waals surface area contributed by atoms with Gasteiger partial charge in [0.2, 0.25) is 0 Å². The maximum Gasteiger partial charge on any atom is 0.115 e. The van der Waals surface area contributed by atoms with E-state index < -0.39 is 0 Å². The largest absolute Gasteiger partial charge is 0.508 e. The molecule has 7 nitrogen and oxygen atoms in total. The molecule has 0 radical (unpaired) electrons. The average molecular weight is 678 g/mol. The molecule has 3 aliphatic heterocycles. The first-order valence-corrected chi connectivity index (χ1v) is 16.9. The zero-order chi connectivity index (χ0) is 35.3. The summed E-state index contributed by atoms with van der Waals surface area (Å²) in [5, 5.41) is 40.7. The predicted octanol–water partition coefficient (Wildman–Crippen LogP) is 9.26. The highest BCUT2D eigenvalue weighted by molar-refractivity contribution is 6.34. The van der Waals surface area contributed by atoms with Crippen molar-refractivity contribution in [3.8, 4) is 23.0 Å². The number of aromatic amines is 1. The minimum absolute atomic E-state index is 0.171. The fourth-order valence-corrected chi connectivity index (χ4v) is 7.23. The molecular formula is C45H31N3O4. The maximum absolute atomic E-state index is 10.2. The van der Waals surface area contributed by atoms with Crippen LogP contribution in [-0.4, -0.2) is 36.8 Å². The summed E-state index contributed by atoms with van der Waals surface area (Å²) in [6, 6.07) is 32.7. The van der Waals surface area contributed by atoms with Crippen LogP contribution in [0.15, 0.2) is 178 Å². The number of fused-ring (bicyclic) bond motifs is 6. The van der Waals surface area contributed by atoms with Crippen LogP contribution < -0.4 is 0 Å². The molecule has 7 heteroatoms. The quantitative estimate of drug-likeness (QED) is 0.130. The second-order valence-corrected chi connectivity index (χ2v) is 13.0. The molecule has 0 saturated heterocycles. The minimum Gasteiger partial charge on any atom is -0.508 e. The van der Waals surface area contributed by atoms with Crippen LogP contribution in [-0.2, 0) is 0 Å². The molecule has 9 rings (SSSR count). The second-order valence-electron chi connectivity index (χ2n) is 13.0. The number of hydrogen-bond donors (Lipinski definition) is 5. The fourth-order valence-electron chi connectivity index (χ4n) is 7.23. The molecule has 4 aromatic carbocycles. The van der Waals surface area contributed by atoms with Gasteiger partial charge in [-0.2, -0.15) is 0 Å². The third-order valence-corrected chi connectivity index (χ3v) is 9.66. The molecule has 4 aliphatic rings. The van der Waals surface area contributed by atoms with E-state index in [0.717, 1.165) is 89.9 Å². The van der Waals surface area contributed by atoms with Crippen molar-refractivity contribution < 1.29 is 20.4 Å². The number of benzene rings is 4. The number of phenolic OH excluding ortho intramolecular Hbond substituents is 4. The Morgan fingerprint density at radius 2 is 0.692 bits per heavy atom. The van der Waals surface area contributed by atoms with Gasteiger partial charge in [0, 0.05) is 33.7 Å². The number of allylic oxidation sites excluding steroid dienone is 10. The Balaban J connectivity index is 1.35. The van der Waals surface area contributed by atoms with E-state index in [9.17, 15) is 20.4 Å². The van der Waals surface area contributed by atoms with Gasteiger partial charge in [0.15, 0.2) is 0 Å². The smallest absolute Gasteiger partial charge is 0.115 e. The van der Waals surface area contributed by atoms with Crippen molar-refractivity contribution in [3.63, 3.8) is 0 Å². The van der Waals surface area contributed by atoms with Gasteiger partial charge in [0.25, 0.3) is 0 Å². The number of aromatic nitrogens is 1. The third-order valence-electron chi connectivity index (χ3n) is 9.66. The van der Waals surface area contributed by atoms with Crippen molar-refractivity contribution in [1.82, 2.24) is 4.98 Å². The van der Waals surface area contributed by atoms with Gasteiger partial charge in [-0.25, -0.2) is 9.98 Å². The molecule has 5 aromatic rings. The molecule has 0 unspecified atom stereocenters. The van der Waals surface area contributed by atoms with E-state index in [2.05, 4.69) is 17.1 Å². The van der Waals surface area contributed by atoms with Crippen molar-refractivity contribution in [2.75, 3.05) is 0 Å². The lowest BCUT2D eigenvalue weighted by Gasteiger charge is -2.14. The summed E-state index contributed by atoms with van der Waals surface area (Å²) in [6.45, 7) is 0. The summed E-state index contributed by atoms with van der Waals surface area (Å²) in [5.41, 5.74) is 14.1. The number of hydrogen-bond acceptors (Lipinski definition) is 6. The number of nitrogens with one attached hydrogen (secondary N) is 1. The average Bonchev–Trinajstić information content (AvgIpc) is 3.99. The highest BCUT2D eigenvalue weighted by atomic mass is 16.3. The normalized spacial score (nSPS) is 16.4. The van der Waals surface area contributed by atoms with Crippen molar-refractivity contribution >= 4 is 33.7 Å². The van der Waals surface area contributed by atoms with Crippen molar-refractivity contribution in [2.24, 2.45) is 9.98 Å². The molecule has 1 aromatic heterocycles. The first-order chi connectivity index (χ1) is 25.4. The summed E-state index contributed by atoms with van der Waals surface area (Å²) in [7, 11) is 0. The molecule has 250 valence electrons. The number of aliphatic imine (C=N–C) groups is 2. The van der Waals surface area contributed by atoms with Crippen LogP contribution in [0.5, 0.6) is 23.0 Å². The Hall–Kier alpha value is -7.12. The van der Waals surface area contributed by atoms with E-state index in [1.807, 2.05) is 85.0 Å². The van der Waals surface area contributed by atoms with Crippen LogP contribution in [0.4, 0.5) is 0 Å². The minimum atomic E-state index is 0.171. The molecule has 1 aliphatic carbocycles. The van der Waals surface area contributed by atoms with Gasteiger partial charge in [0.1, 0.15) is 23.0 Å². The fraction of sp³-hybridized carbons (Fsp3) is 0.0222. The van der Waals surface area contributed by atoms with Gasteiger partial charge < -0.3 is 25.4 Å². The Morgan fingerprint density at radius 3 is 1.04 bits per heavy atom. The second kappa shape index (κ2) is 12.3. The summed E-state index contributed by atoms with van der Waals surface area (Å²) < 4.78 is 0. The Morgan fingerprint density at radius 1 is 0.365 bits per heavy atom.